The summed E-state index contributed by atoms with van der Waals surface area (Å²) in [6.45, 7) is 7.60. The number of ether oxygens (including phenoxy) is 3. The smallest absolute Gasteiger partial charge is 0.341 e. The van der Waals surface area contributed by atoms with Crippen molar-refractivity contribution < 1.29 is 19.0 Å². The van der Waals surface area contributed by atoms with Crippen LogP contribution in [0.25, 0.3) is 0 Å². The van der Waals surface area contributed by atoms with E-state index in [1.54, 1.807) is 6.92 Å². The quantitative estimate of drug-likeness (QED) is 0.619. The van der Waals surface area contributed by atoms with Gasteiger partial charge in [-0.15, -0.1) is 0 Å². The third kappa shape index (κ3) is 2.21. The fourth-order valence-corrected chi connectivity index (χ4v) is 2.27. The van der Waals surface area contributed by atoms with Gasteiger partial charge in [0.25, 0.3) is 0 Å². The van der Waals surface area contributed by atoms with E-state index in [2.05, 4.69) is 0 Å². The van der Waals surface area contributed by atoms with Crippen LogP contribution in [-0.4, -0.2) is 24.8 Å². The summed E-state index contributed by atoms with van der Waals surface area (Å²) in [6.07, 6.45) is 0.138. The predicted molar refractivity (Wildman–Crippen MR) is 71.1 cm³/mol. The van der Waals surface area contributed by atoms with Gasteiger partial charge in [-0.05, 0) is 45.4 Å². The Morgan fingerprint density at radius 1 is 1.21 bits per heavy atom. The first-order valence-electron chi connectivity index (χ1n) is 6.39. The summed E-state index contributed by atoms with van der Waals surface area (Å²) in [7, 11) is 1.37. The molecule has 0 aromatic heterocycles. The number of methoxy groups -OCH3 is 1. The third-order valence-electron chi connectivity index (χ3n) is 3.63. The van der Waals surface area contributed by atoms with Crippen molar-refractivity contribution in [2.24, 2.45) is 0 Å². The number of esters is 1. The average Bonchev–Trinajstić information content (AvgIpc) is 2.94. The zero-order valence-corrected chi connectivity index (χ0v) is 12.0. The van der Waals surface area contributed by atoms with Crippen molar-refractivity contribution >= 4 is 5.97 Å². The van der Waals surface area contributed by atoms with Crippen LogP contribution < -0.4 is 4.74 Å². The minimum absolute atomic E-state index is 0.138. The molecule has 0 bridgehead atoms. The molecule has 1 aliphatic rings. The van der Waals surface area contributed by atoms with Crippen LogP contribution >= 0.6 is 0 Å². The molecule has 1 aliphatic heterocycles. The molecule has 2 unspecified atom stereocenters. The lowest BCUT2D eigenvalue weighted by Gasteiger charge is -2.13. The summed E-state index contributed by atoms with van der Waals surface area (Å²) in [5.41, 5.74) is -0.588. The molecule has 1 heterocycles. The molecule has 1 saturated heterocycles. The summed E-state index contributed by atoms with van der Waals surface area (Å²) in [5.74, 6) is 0.459. The van der Waals surface area contributed by atoms with Gasteiger partial charge in [0, 0.05) is 0 Å². The second-order valence-corrected chi connectivity index (χ2v) is 5.35. The highest BCUT2D eigenvalue weighted by Crippen LogP contribution is 2.56. The Hall–Kier alpha value is -1.55. The van der Waals surface area contributed by atoms with E-state index in [0.29, 0.717) is 0 Å². The van der Waals surface area contributed by atoms with E-state index in [1.165, 1.54) is 7.11 Å². The topological polar surface area (TPSA) is 48.1 Å². The number of carbonyl (C=O) groups excluding carboxylic acids is 1. The van der Waals surface area contributed by atoms with Crippen LogP contribution in [0.1, 0.15) is 33.3 Å². The SMILES string of the molecule is COC(=O)C1(C)OC1(C)c1ccc(OC(C)C)cc1. The Balaban J connectivity index is 2.18. The van der Waals surface area contributed by atoms with Gasteiger partial charge in [-0.25, -0.2) is 4.79 Å². The lowest BCUT2D eigenvalue weighted by molar-refractivity contribution is -0.146. The molecule has 0 spiro atoms. The second kappa shape index (κ2) is 4.53. The highest BCUT2D eigenvalue weighted by Gasteiger charge is 2.70. The molecule has 19 heavy (non-hydrogen) atoms. The summed E-state index contributed by atoms with van der Waals surface area (Å²) in [4.78, 5) is 11.7. The van der Waals surface area contributed by atoms with Gasteiger partial charge in [-0.1, -0.05) is 12.1 Å². The van der Waals surface area contributed by atoms with E-state index in [9.17, 15) is 4.79 Å². The maximum absolute atomic E-state index is 11.7. The van der Waals surface area contributed by atoms with E-state index in [0.717, 1.165) is 11.3 Å². The van der Waals surface area contributed by atoms with Gasteiger partial charge in [0.1, 0.15) is 11.4 Å². The maximum atomic E-state index is 11.7. The average molecular weight is 264 g/mol. The molecular formula is C15H20O4. The van der Waals surface area contributed by atoms with Gasteiger partial charge >= 0.3 is 5.97 Å². The number of hydrogen-bond acceptors (Lipinski definition) is 4. The fraction of sp³-hybridized carbons (Fsp3) is 0.533. The van der Waals surface area contributed by atoms with Gasteiger partial charge < -0.3 is 14.2 Å². The number of carbonyl (C=O) groups is 1. The van der Waals surface area contributed by atoms with E-state index >= 15 is 0 Å². The molecule has 0 amide bonds. The van der Waals surface area contributed by atoms with E-state index in [4.69, 9.17) is 14.2 Å². The molecule has 2 atom stereocenters. The van der Waals surface area contributed by atoms with Crippen molar-refractivity contribution in [1.82, 2.24) is 0 Å². The predicted octanol–water partition coefficient (Wildman–Crippen LogP) is 2.65. The van der Waals surface area contributed by atoms with Crippen LogP contribution in [-0.2, 0) is 19.9 Å². The number of hydrogen-bond donors (Lipinski definition) is 0. The third-order valence-corrected chi connectivity index (χ3v) is 3.63. The minimum atomic E-state index is -0.901. The zero-order chi connectivity index (χ0) is 14.3. The molecule has 1 aromatic carbocycles. The van der Waals surface area contributed by atoms with Crippen molar-refractivity contribution in [2.45, 2.75) is 45.0 Å². The van der Waals surface area contributed by atoms with Gasteiger partial charge in [0.15, 0.2) is 5.60 Å². The molecule has 1 fully saturated rings. The summed E-state index contributed by atoms with van der Waals surface area (Å²) < 4.78 is 16.0. The highest BCUT2D eigenvalue weighted by molar-refractivity contribution is 5.84. The van der Waals surface area contributed by atoms with Crippen LogP contribution in [0.5, 0.6) is 5.75 Å². The molecule has 1 aromatic rings. The Labute approximate surface area is 113 Å². The molecular weight excluding hydrogens is 244 g/mol. The van der Waals surface area contributed by atoms with Gasteiger partial charge in [-0.3, -0.25) is 0 Å². The summed E-state index contributed by atoms with van der Waals surface area (Å²) in [5, 5.41) is 0. The van der Waals surface area contributed by atoms with E-state index in [-0.39, 0.29) is 12.1 Å². The first-order valence-corrected chi connectivity index (χ1v) is 6.39. The number of epoxide rings is 1. The van der Waals surface area contributed by atoms with Gasteiger partial charge in [-0.2, -0.15) is 0 Å². The van der Waals surface area contributed by atoms with Crippen LogP contribution in [0.2, 0.25) is 0 Å². The summed E-state index contributed by atoms with van der Waals surface area (Å²) in [6, 6.07) is 7.62. The monoisotopic (exact) mass is 264 g/mol. The second-order valence-electron chi connectivity index (χ2n) is 5.35. The first-order chi connectivity index (χ1) is 8.83. The molecule has 4 heteroatoms. The first kappa shape index (κ1) is 13.9. The van der Waals surface area contributed by atoms with Gasteiger partial charge in [0.2, 0.25) is 0 Å². The Kier molecular flexibility index (Phi) is 3.31. The maximum Gasteiger partial charge on any atom is 0.341 e. The van der Waals surface area contributed by atoms with Gasteiger partial charge in [0.05, 0.1) is 13.2 Å². The Morgan fingerprint density at radius 2 is 1.79 bits per heavy atom. The zero-order valence-electron chi connectivity index (χ0n) is 12.0. The molecule has 0 aliphatic carbocycles. The largest absolute Gasteiger partial charge is 0.491 e. The van der Waals surface area contributed by atoms with Crippen molar-refractivity contribution in [2.75, 3.05) is 7.11 Å². The van der Waals surface area contributed by atoms with Crippen molar-refractivity contribution in [3.63, 3.8) is 0 Å². The number of benzene rings is 1. The molecule has 2 rings (SSSR count). The van der Waals surface area contributed by atoms with Crippen LogP contribution in [0.4, 0.5) is 0 Å². The lowest BCUT2D eigenvalue weighted by atomic mass is 9.89. The summed E-state index contributed by atoms with van der Waals surface area (Å²) >= 11 is 0. The minimum Gasteiger partial charge on any atom is -0.491 e. The van der Waals surface area contributed by atoms with Crippen LogP contribution in [0.15, 0.2) is 24.3 Å². The van der Waals surface area contributed by atoms with E-state index < -0.39 is 11.2 Å². The van der Waals surface area contributed by atoms with E-state index in [1.807, 2.05) is 45.0 Å². The van der Waals surface area contributed by atoms with Crippen LogP contribution in [0, 0.1) is 0 Å². The van der Waals surface area contributed by atoms with Crippen molar-refractivity contribution in [3.05, 3.63) is 29.8 Å². The van der Waals surface area contributed by atoms with Crippen molar-refractivity contribution in [1.29, 1.82) is 0 Å². The number of rotatable bonds is 4. The fourth-order valence-electron chi connectivity index (χ4n) is 2.27. The molecule has 0 radical (unpaired) electrons. The lowest BCUT2D eigenvalue weighted by Crippen LogP contribution is -2.29. The van der Waals surface area contributed by atoms with Crippen molar-refractivity contribution in [3.8, 4) is 5.75 Å². The Morgan fingerprint density at radius 3 is 2.26 bits per heavy atom. The Bertz CT molecular complexity index is 479. The van der Waals surface area contributed by atoms with Crippen LogP contribution in [0.3, 0.4) is 0 Å². The standard InChI is InChI=1S/C15H20O4/c1-10(2)18-12-8-6-11(7-9-12)14(3)15(4,19-14)13(16)17-5/h6-10H,1-5H3. The molecule has 0 N–H and O–H groups in total. The molecule has 104 valence electrons. The highest BCUT2D eigenvalue weighted by atomic mass is 16.7. The molecule has 0 saturated carbocycles. The molecule has 4 nitrogen and oxygen atoms in total. The normalized spacial score (nSPS) is 29.2.